The van der Waals surface area contributed by atoms with E-state index >= 15 is 0 Å². The van der Waals surface area contributed by atoms with Crippen molar-refractivity contribution in [2.75, 3.05) is 16.0 Å². The Balaban J connectivity index is 1.87. The van der Waals surface area contributed by atoms with Gasteiger partial charge in [0.25, 0.3) is 0 Å². The average molecular weight is 396 g/mol. The Bertz CT molecular complexity index is 920. The van der Waals surface area contributed by atoms with Gasteiger partial charge >= 0.3 is 6.03 Å². The second-order valence-electron chi connectivity index (χ2n) is 7.11. The largest absolute Gasteiger partial charge is 0.347 e. The number of anilines is 2. The van der Waals surface area contributed by atoms with Crippen molar-refractivity contribution in [1.82, 2.24) is 0 Å². The molecule has 6 heteroatoms. The third kappa shape index (κ3) is 4.44. The lowest BCUT2D eigenvalue weighted by molar-refractivity contribution is -0.115. The Hall–Kier alpha value is -2.60. The smallest absolute Gasteiger partial charge is 0.306 e. The van der Waals surface area contributed by atoms with Crippen LogP contribution in [0.15, 0.2) is 47.5 Å². The second kappa shape index (κ2) is 8.61. The first-order chi connectivity index (χ1) is 13.4. The van der Waals surface area contributed by atoms with Gasteiger partial charge in [-0.15, -0.1) is 0 Å². The van der Waals surface area contributed by atoms with Crippen LogP contribution in [0.1, 0.15) is 43.4 Å². The molecule has 0 spiro atoms. The van der Waals surface area contributed by atoms with Crippen molar-refractivity contribution in [3.05, 3.63) is 59.2 Å². The Labute approximate surface area is 170 Å². The number of carbonyl (C=O) groups excluding carboxylic acids is 2. The zero-order chi connectivity index (χ0) is 20.3. The molecule has 3 rings (SSSR count). The SMILES string of the molecule is CCc1ccc(NC(=O)N=C2SCC(=O)N2c2cc(C)ccc2C(C)C)cc1. The standard InChI is InChI=1S/C22H25N3O2S/c1-5-16-7-9-17(10-8-16)23-21(27)24-22-25(20(26)13-28-22)19-12-15(4)6-11-18(19)14(2)3/h6-12,14H,5,13H2,1-4H3,(H,23,27). The number of thioether (sulfide) groups is 1. The van der Waals surface area contributed by atoms with Gasteiger partial charge in [0, 0.05) is 5.69 Å². The van der Waals surface area contributed by atoms with Gasteiger partial charge in [-0.05, 0) is 54.2 Å². The van der Waals surface area contributed by atoms with Crippen LogP contribution < -0.4 is 10.2 Å². The van der Waals surface area contributed by atoms with E-state index in [1.165, 1.54) is 17.3 Å². The number of nitrogens with one attached hydrogen (secondary N) is 1. The number of amides is 3. The van der Waals surface area contributed by atoms with Crippen LogP contribution in [0.25, 0.3) is 0 Å². The summed E-state index contributed by atoms with van der Waals surface area (Å²) in [6, 6.07) is 13.3. The molecule has 0 radical (unpaired) electrons. The summed E-state index contributed by atoms with van der Waals surface area (Å²) in [5, 5.41) is 3.19. The van der Waals surface area contributed by atoms with Gasteiger partial charge in [0.2, 0.25) is 5.91 Å². The molecule has 1 fully saturated rings. The summed E-state index contributed by atoms with van der Waals surface area (Å²) in [5.74, 6) is 0.473. The maximum atomic E-state index is 12.6. The molecule has 2 aromatic carbocycles. The van der Waals surface area contributed by atoms with Crippen LogP contribution in [0.4, 0.5) is 16.2 Å². The van der Waals surface area contributed by atoms with Crippen molar-refractivity contribution in [3.8, 4) is 0 Å². The van der Waals surface area contributed by atoms with E-state index in [0.29, 0.717) is 10.9 Å². The van der Waals surface area contributed by atoms with E-state index in [1.54, 1.807) is 4.90 Å². The average Bonchev–Trinajstić information content (AvgIpc) is 3.01. The quantitative estimate of drug-likeness (QED) is 0.759. The van der Waals surface area contributed by atoms with Gasteiger partial charge in [0.15, 0.2) is 5.17 Å². The molecule has 0 aromatic heterocycles. The van der Waals surface area contributed by atoms with Crippen LogP contribution in [0.3, 0.4) is 0 Å². The molecule has 3 amide bonds. The number of urea groups is 1. The molecule has 0 bridgehead atoms. The number of carbonyl (C=O) groups is 2. The number of rotatable bonds is 4. The fraction of sp³-hybridized carbons (Fsp3) is 0.318. The first-order valence-electron chi connectivity index (χ1n) is 9.44. The summed E-state index contributed by atoms with van der Waals surface area (Å²) in [5.41, 5.74) is 4.82. The summed E-state index contributed by atoms with van der Waals surface area (Å²) in [7, 11) is 0. The lowest BCUT2D eigenvalue weighted by atomic mass is 9.99. The van der Waals surface area contributed by atoms with Gasteiger partial charge in [-0.2, -0.15) is 4.99 Å². The van der Waals surface area contributed by atoms with E-state index in [1.807, 2.05) is 49.4 Å². The molecule has 1 aliphatic rings. The number of hydrogen-bond acceptors (Lipinski definition) is 3. The highest BCUT2D eigenvalue weighted by molar-refractivity contribution is 8.15. The molecule has 0 aliphatic carbocycles. The maximum Gasteiger partial charge on any atom is 0.347 e. The zero-order valence-corrected chi connectivity index (χ0v) is 17.5. The van der Waals surface area contributed by atoms with Crippen molar-refractivity contribution in [1.29, 1.82) is 0 Å². The van der Waals surface area contributed by atoms with Crippen LogP contribution in [0.2, 0.25) is 0 Å². The molecule has 28 heavy (non-hydrogen) atoms. The topological polar surface area (TPSA) is 61.8 Å². The third-order valence-corrected chi connectivity index (χ3v) is 5.55. The monoisotopic (exact) mass is 395 g/mol. The number of aliphatic imine (C=N–C) groups is 1. The zero-order valence-electron chi connectivity index (χ0n) is 16.7. The summed E-state index contributed by atoms with van der Waals surface area (Å²) in [6.07, 6.45) is 0.943. The lowest BCUT2D eigenvalue weighted by Gasteiger charge is -2.22. The minimum absolute atomic E-state index is 0.0589. The second-order valence-corrected chi connectivity index (χ2v) is 8.05. The van der Waals surface area contributed by atoms with Gasteiger partial charge < -0.3 is 5.32 Å². The molecular weight excluding hydrogens is 370 g/mol. The van der Waals surface area contributed by atoms with E-state index in [4.69, 9.17) is 0 Å². The lowest BCUT2D eigenvalue weighted by Crippen LogP contribution is -2.31. The van der Waals surface area contributed by atoms with Crippen molar-refractivity contribution >= 4 is 40.2 Å². The normalized spacial score (nSPS) is 15.5. The van der Waals surface area contributed by atoms with Gasteiger partial charge in [-0.1, -0.05) is 56.8 Å². The molecule has 5 nitrogen and oxygen atoms in total. The van der Waals surface area contributed by atoms with Gasteiger partial charge in [-0.3, -0.25) is 9.69 Å². The summed E-state index contributed by atoms with van der Waals surface area (Å²) in [4.78, 5) is 30.8. The Morgan fingerprint density at radius 2 is 1.93 bits per heavy atom. The molecule has 146 valence electrons. The number of hydrogen-bond donors (Lipinski definition) is 1. The molecule has 1 aliphatic heterocycles. The van der Waals surface area contributed by atoms with Crippen molar-refractivity contribution < 1.29 is 9.59 Å². The summed E-state index contributed by atoms with van der Waals surface area (Å²) >= 11 is 1.29. The first kappa shape index (κ1) is 20.1. The molecule has 0 unspecified atom stereocenters. The van der Waals surface area contributed by atoms with Crippen molar-refractivity contribution in [2.24, 2.45) is 4.99 Å². The predicted octanol–water partition coefficient (Wildman–Crippen LogP) is 5.35. The molecule has 1 N–H and O–H groups in total. The van der Waals surface area contributed by atoms with Crippen LogP contribution in [-0.4, -0.2) is 22.9 Å². The van der Waals surface area contributed by atoms with Crippen LogP contribution in [-0.2, 0) is 11.2 Å². The molecular formula is C22H25N3O2S. The van der Waals surface area contributed by atoms with Gasteiger partial charge in [-0.25, -0.2) is 4.79 Å². The highest BCUT2D eigenvalue weighted by Gasteiger charge is 2.32. The minimum Gasteiger partial charge on any atom is -0.306 e. The number of aryl methyl sites for hydroxylation is 2. The van der Waals surface area contributed by atoms with E-state index in [0.717, 1.165) is 23.2 Å². The fourth-order valence-corrected chi connectivity index (χ4v) is 3.94. The van der Waals surface area contributed by atoms with Crippen LogP contribution in [0, 0.1) is 6.92 Å². The number of benzene rings is 2. The van der Waals surface area contributed by atoms with Crippen LogP contribution >= 0.6 is 11.8 Å². The van der Waals surface area contributed by atoms with E-state index in [9.17, 15) is 9.59 Å². The van der Waals surface area contributed by atoms with Crippen molar-refractivity contribution in [3.63, 3.8) is 0 Å². The third-order valence-electron chi connectivity index (χ3n) is 4.62. The van der Waals surface area contributed by atoms with Crippen LogP contribution in [0.5, 0.6) is 0 Å². The fourth-order valence-electron chi connectivity index (χ4n) is 3.08. The first-order valence-corrected chi connectivity index (χ1v) is 10.4. The molecule has 0 saturated carbocycles. The van der Waals surface area contributed by atoms with E-state index in [2.05, 4.69) is 31.1 Å². The Kier molecular flexibility index (Phi) is 6.19. The highest BCUT2D eigenvalue weighted by Crippen LogP contribution is 2.34. The van der Waals surface area contributed by atoms with E-state index in [-0.39, 0.29) is 17.6 Å². The summed E-state index contributed by atoms with van der Waals surface area (Å²) in [6.45, 7) is 8.25. The molecule has 1 saturated heterocycles. The van der Waals surface area contributed by atoms with Gasteiger partial charge in [0.05, 0.1) is 11.4 Å². The summed E-state index contributed by atoms with van der Waals surface area (Å²) < 4.78 is 0. The number of amidine groups is 1. The Morgan fingerprint density at radius 1 is 1.21 bits per heavy atom. The molecule has 0 atom stereocenters. The van der Waals surface area contributed by atoms with Crippen molar-refractivity contribution in [2.45, 2.75) is 40.0 Å². The van der Waals surface area contributed by atoms with Gasteiger partial charge in [0.1, 0.15) is 0 Å². The highest BCUT2D eigenvalue weighted by atomic mass is 32.2. The molecule has 1 heterocycles. The number of nitrogens with zero attached hydrogens (tertiary/aromatic N) is 2. The van der Waals surface area contributed by atoms with E-state index < -0.39 is 6.03 Å². The predicted molar refractivity (Wildman–Crippen MR) is 117 cm³/mol. The Morgan fingerprint density at radius 3 is 2.57 bits per heavy atom. The maximum absolute atomic E-state index is 12.6. The minimum atomic E-state index is -0.481. The molecule has 2 aromatic rings.